The summed E-state index contributed by atoms with van der Waals surface area (Å²) in [7, 11) is 0. The zero-order valence-corrected chi connectivity index (χ0v) is 13.7. The number of halogens is 1. The zero-order chi connectivity index (χ0) is 18.2. The maximum Gasteiger partial charge on any atom is 0.341 e. The van der Waals surface area contributed by atoms with Crippen LogP contribution in [0.2, 0.25) is 5.02 Å². The van der Waals surface area contributed by atoms with Gasteiger partial charge in [-0.1, -0.05) is 35.9 Å². The summed E-state index contributed by atoms with van der Waals surface area (Å²) >= 11 is 5.86. The van der Waals surface area contributed by atoms with Gasteiger partial charge in [0.15, 0.2) is 6.61 Å². The van der Waals surface area contributed by atoms with Gasteiger partial charge in [-0.05, 0) is 30.3 Å². The number of aliphatic carboxylic acids is 1. The van der Waals surface area contributed by atoms with Crippen LogP contribution < -0.4 is 10.1 Å². The van der Waals surface area contributed by atoms with Gasteiger partial charge in [0.1, 0.15) is 17.4 Å². The first kappa shape index (κ1) is 18.0. The molecule has 0 heterocycles. The van der Waals surface area contributed by atoms with E-state index in [1.807, 2.05) is 6.07 Å². The molecule has 25 heavy (non-hydrogen) atoms. The van der Waals surface area contributed by atoms with Crippen LogP contribution in [0.15, 0.2) is 54.1 Å². The normalized spacial score (nSPS) is 10.6. The average Bonchev–Trinajstić information content (AvgIpc) is 2.58. The predicted octanol–water partition coefficient (Wildman–Crippen LogP) is 3.35. The Kier molecular flexibility index (Phi) is 6.15. The molecule has 0 aromatic heterocycles. The summed E-state index contributed by atoms with van der Waals surface area (Å²) in [6.45, 7) is -0.526. The van der Waals surface area contributed by atoms with Crippen molar-refractivity contribution in [2.45, 2.75) is 0 Å². The maximum atomic E-state index is 12.3. The molecule has 6 nitrogen and oxygen atoms in total. The van der Waals surface area contributed by atoms with E-state index in [-0.39, 0.29) is 11.3 Å². The number of rotatable bonds is 6. The molecule has 0 aliphatic heterocycles. The van der Waals surface area contributed by atoms with Crippen LogP contribution >= 0.6 is 11.6 Å². The summed E-state index contributed by atoms with van der Waals surface area (Å²) in [6.07, 6.45) is 1.33. The number of carbonyl (C=O) groups excluding carboxylic acids is 1. The monoisotopic (exact) mass is 356 g/mol. The fraction of sp³-hybridized carbons (Fsp3) is 0.0556. The van der Waals surface area contributed by atoms with Gasteiger partial charge < -0.3 is 15.2 Å². The second-order valence-electron chi connectivity index (χ2n) is 4.85. The summed E-state index contributed by atoms with van der Waals surface area (Å²) in [6, 6.07) is 14.9. The highest BCUT2D eigenvalue weighted by Crippen LogP contribution is 2.22. The number of nitriles is 1. The van der Waals surface area contributed by atoms with E-state index in [9.17, 15) is 14.9 Å². The van der Waals surface area contributed by atoms with Crippen LogP contribution in [0.5, 0.6) is 5.75 Å². The molecule has 1 amide bonds. The number of amides is 1. The van der Waals surface area contributed by atoms with E-state index >= 15 is 0 Å². The summed E-state index contributed by atoms with van der Waals surface area (Å²) in [5.74, 6) is -1.48. The number of nitrogens with one attached hydrogen (secondary N) is 1. The van der Waals surface area contributed by atoms with Crippen molar-refractivity contribution in [3.63, 3.8) is 0 Å². The van der Waals surface area contributed by atoms with E-state index < -0.39 is 18.5 Å². The Balaban J connectivity index is 2.23. The quantitative estimate of drug-likeness (QED) is 0.610. The predicted molar refractivity (Wildman–Crippen MR) is 93.2 cm³/mol. The standard InChI is InChI=1S/C18H13ClN2O4/c19-14-5-3-6-15(9-14)21-18(24)13(10-20)8-12-4-1-2-7-16(12)25-11-17(22)23/h1-9H,11H2,(H,21,24)(H,22,23)/b13-8+. The van der Waals surface area contributed by atoms with Crippen LogP contribution in [-0.2, 0) is 9.59 Å². The van der Waals surface area contributed by atoms with Crippen LogP contribution in [-0.4, -0.2) is 23.6 Å². The van der Waals surface area contributed by atoms with Crippen LogP contribution in [0.4, 0.5) is 5.69 Å². The summed E-state index contributed by atoms with van der Waals surface area (Å²) in [5, 5.41) is 21.0. The number of anilines is 1. The molecule has 0 saturated carbocycles. The fourth-order valence-corrected chi connectivity index (χ4v) is 2.13. The van der Waals surface area contributed by atoms with Crippen LogP contribution in [0.3, 0.4) is 0 Å². The minimum absolute atomic E-state index is 0.161. The number of hydrogen-bond acceptors (Lipinski definition) is 4. The molecular formula is C18H13ClN2O4. The Morgan fingerprint density at radius 1 is 1.24 bits per heavy atom. The summed E-state index contributed by atoms with van der Waals surface area (Å²) in [5.41, 5.74) is 0.710. The number of nitrogens with zero attached hydrogens (tertiary/aromatic N) is 1. The average molecular weight is 357 g/mol. The molecule has 0 aliphatic rings. The number of carboxylic acid groups (broad SMARTS) is 1. The lowest BCUT2D eigenvalue weighted by Crippen LogP contribution is -2.13. The SMILES string of the molecule is N#C/C(=C\c1ccccc1OCC(=O)O)C(=O)Nc1cccc(Cl)c1. The third kappa shape index (κ3) is 5.37. The third-order valence-corrected chi connectivity index (χ3v) is 3.25. The molecule has 2 aromatic rings. The van der Waals surface area contributed by atoms with Gasteiger partial charge >= 0.3 is 5.97 Å². The number of carbonyl (C=O) groups is 2. The van der Waals surface area contributed by atoms with Gasteiger partial charge in [-0.3, -0.25) is 4.79 Å². The first-order valence-electron chi connectivity index (χ1n) is 7.12. The van der Waals surface area contributed by atoms with Gasteiger partial charge in [-0.15, -0.1) is 0 Å². The molecule has 0 radical (unpaired) electrons. The maximum absolute atomic E-state index is 12.3. The fourth-order valence-electron chi connectivity index (χ4n) is 1.94. The Hall–Kier alpha value is -3.30. The molecule has 2 N–H and O–H groups in total. The molecular weight excluding hydrogens is 344 g/mol. The van der Waals surface area contributed by atoms with Crippen molar-refractivity contribution >= 4 is 35.2 Å². The lowest BCUT2D eigenvalue weighted by molar-refractivity contribution is -0.139. The van der Waals surface area contributed by atoms with Crippen molar-refractivity contribution in [1.29, 1.82) is 5.26 Å². The number of ether oxygens (including phenoxy) is 1. The van der Waals surface area contributed by atoms with Crippen LogP contribution in [0.1, 0.15) is 5.56 Å². The number of hydrogen-bond donors (Lipinski definition) is 2. The van der Waals surface area contributed by atoms with Crippen molar-refractivity contribution < 1.29 is 19.4 Å². The Morgan fingerprint density at radius 2 is 2.00 bits per heavy atom. The molecule has 0 aliphatic carbocycles. The highest BCUT2D eigenvalue weighted by molar-refractivity contribution is 6.31. The van der Waals surface area contributed by atoms with Gasteiger partial charge in [0.2, 0.25) is 0 Å². The largest absolute Gasteiger partial charge is 0.481 e. The van der Waals surface area contributed by atoms with Crippen molar-refractivity contribution in [3.8, 4) is 11.8 Å². The van der Waals surface area contributed by atoms with E-state index in [0.717, 1.165) is 0 Å². The van der Waals surface area contributed by atoms with E-state index in [4.69, 9.17) is 21.4 Å². The molecule has 0 bridgehead atoms. The van der Waals surface area contributed by atoms with Crippen molar-refractivity contribution in [1.82, 2.24) is 0 Å². The molecule has 0 saturated heterocycles. The van der Waals surface area contributed by atoms with Crippen molar-refractivity contribution in [2.24, 2.45) is 0 Å². The van der Waals surface area contributed by atoms with E-state index in [0.29, 0.717) is 16.3 Å². The molecule has 2 rings (SSSR count). The Labute approximate surface area is 148 Å². The number of benzene rings is 2. The highest BCUT2D eigenvalue weighted by atomic mass is 35.5. The Morgan fingerprint density at radius 3 is 2.68 bits per heavy atom. The Bertz CT molecular complexity index is 871. The molecule has 126 valence electrons. The van der Waals surface area contributed by atoms with E-state index in [1.165, 1.54) is 6.08 Å². The zero-order valence-electron chi connectivity index (χ0n) is 12.9. The molecule has 0 atom stereocenters. The van der Waals surface area contributed by atoms with Crippen molar-refractivity contribution in [3.05, 3.63) is 64.7 Å². The molecule has 7 heteroatoms. The van der Waals surface area contributed by atoms with Crippen LogP contribution in [0, 0.1) is 11.3 Å². The second kappa shape index (κ2) is 8.52. The van der Waals surface area contributed by atoms with Gasteiger partial charge in [0, 0.05) is 16.3 Å². The van der Waals surface area contributed by atoms with Crippen LogP contribution in [0.25, 0.3) is 6.08 Å². The molecule has 0 fully saturated rings. The topological polar surface area (TPSA) is 99.4 Å². The van der Waals surface area contributed by atoms with E-state index in [1.54, 1.807) is 48.5 Å². The first-order valence-corrected chi connectivity index (χ1v) is 7.49. The molecule has 0 unspecified atom stereocenters. The van der Waals surface area contributed by atoms with Gasteiger partial charge in [0.25, 0.3) is 5.91 Å². The summed E-state index contributed by atoms with van der Waals surface area (Å²) in [4.78, 5) is 22.9. The second-order valence-corrected chi connectivity index (χ2v) is 5.29. The van der Waals surface area contributed by atoms with Gasteiger partial charge in [-0.2, -0.15) is 5.26 Å². The minimum Gasteiger partial charge on any atom is -0.481 e. The smallest absolute Gasteiger partial charge is 0.341 e. The molecule has 2 aromatic carbocycles. The van der Waals surface area contributed by atoms with Gasteiger partial charge in [0.05, 0.1) is 0 Å². The first-order chi connectivity index (χ1) is 12.0. The molecule has 0 spiro atoms. The highest BCUT2D eigenvalue weighted by Gasteiger charge is 2.12. The lowest BCUT2D eigenvalue weighted by atomic mass is 10.1. The van der Waals surface area contributed by atoms with E-state index in [2.05, 4.69) is 5.32 Å². The van der Waals surface area contributed by atoms with Crippen molar-refractivity contribution in [2.75, 3.05) is 11.9 Å². The summed E-state index contributed by atoms with van der Waals surface area (Å²) < 4.78 is 5.16. The van der Waals surface area contributed by atoms with Gasteiger partial charge in [-0.25, -0.2) is 4.79 Å². The third-order valence-electron chi connectivity index (χ3n) is 3.02. The lowest BCUT2D eigenvalue weighted by Gasteiger charge is -2.08. The number of carboxylic acids is 1. The number of para-hydroxylation sites is 1. The minimum atomic E-state index is -1.13.